The molecule has 1 N–H and O–H groups in total. The summed E-state index contributed by atoms with van der Waals surface area (Å²) in [5, 5.41) is 19.6. The van der Waals surface area contributed by atoms with Crippen molar-refractivity contribution in [3.63, 3.8) is 0 Å². The first kappa shape index (κ1) is 13.4. The zero-order valence-corrected chi connectivity index (χ0v) is 8.24. The largest absolute Gasteiger partial charge is 0.374 e. The van der Waals surface area contributed by atoms with E-state index in [0.717, 1.165) is 6.07 Å². The first-order valence-corrected chi connectivity index (χ1v) is 4.36. The molecular weight excluding hydrogens is 246 g/mol. The second-order valence-electron chi connectivity index (χ2n) is 3.32. The molecule has 1 aromatic rings. The fraction of sp³-hybridized carbons (Fsp3) is 0.333. The standard InChI is InChI=1S/C9H7F4NO3/c10-6-3-1-2-5(7(6)11)9(15,8(12)13)4-14(16)17/h1-3,8,15H,4H2. The molecule has 0 radical (unpaired) electrons. The molecule has 0 aromatic heterocycles. The molecule has 0 amide bonds. The number of rotatable bonds is 4. The van der Waals surface area contributed by atoms with Crippen LogP contribution in [-0.2, 0) is 5.60 Å². The third kappa shape index (κ3) is 2.52. The van der Waals surface area contributed by atoms with Crippen molar-refractivity contribution >= 4 is 0 Å². The van der Waals surface area contributed by atoms with Crippen molar-refractivity contribution in [2.24, 2.45) is 0 Å². The maximum absolute atomic E-state index is 13.2. The zero-order valence-electron chi connectivity index (χ0n) is 8.24. The molecule has 8 heteroatoms. The third-order valence-electron chi connectivity index (χ3n) is 2.15. The van der Waals surface area contributed by atoms with E-state index in [2.05, 4.69) is 0 Å². The van der Waals surface area contributed by atoms with Crippen LogP contribution in [0.25, 0.3) is 0 Å². The molecule has 0 saturated carbocycles. The van der Waals surface area contributed by atoms with Crippen LogP contribution in [0.3, 0.4) is 0 Å². The topological polar surface area (TPSA) is 63.4 Å². The van der Waals surface area contributed by atoms with E-state index in [9.17, 15) is 32.8 Å². The predicted octanol–water partition coefficient (Wildman–Crippen LogP) is 1.69. The Morgan fingerprint density at radius 3 is 2.47 bits per heavy atom. The maximum Gasteiger partial charge on any atom is 0.277 e. The van der Waals surface area contributed by atoms with Crippen molar-refractivity contribution in [1.82, 2.24) is 0 Å². The van der Waals surface area contributed by atoms with Gasteiger partial charge < -0.3 is 5.11 Å². The van der Waals surface area contributed by atoms with Crippen LogP contribution in [0.15, 0.2) is 18.2 Å². The fourth-order valence-electron chi connectivity index (χ4n) is 1.31. The second kappa shape index (κ2) is 4.66. The molecule has 1 rings (SSSR count). The van der Waals surface area contributed by atoms with Crippen LogP contribution in [0.2, 0.25) is 0 Å². The molecule has 0 saturated heterocycles. The molecule has 0 spiro atoms. The molecule has 4 nitrogen and oxygen atoms in total. The average Bonchev–Trinajstić information content (AvgIpc) is 2.20. The van der Waals surface area contributed by atoms with Crippen molar-refractivity contribution in [3.8, 4) is 0 Å². The molecule has 0 aliphatic rings. The van der Waals surface area contributed by atoms with Crippen LogP contribution >= 0.6 is 0 Å². The molecule has 0 aliphatic carbocycles. The van der Waals surface area contributed by atoms with Gasteiger partial charge in [0.15, 0.2) is 11.6 Å². The minimum Gasteiger partial charge on any atom is -0.374 e. The van der Waals surface area contributed by atoms with Crippen LogP contribution < -0.4 is 0 Å². The summed E-state index contributed by atoms with van der Waals surface area (Å²) in [6.45, 7) is -1.62. The summed E-state index contributed by atoms with van der Waals surface area (Å²) in [5.41, 5.74) is -4.49. The van der Waals surface area contributed by atoms with Gasteiger partial charge in [0.1, 0.15) is 0 Å². The van der Waals surface area contributed by atoms with Crippen molar-refractivity contribution in [2.45, 2.75) is 12.0 Å². The normalized spacial score (nSPS) is 14.7. The summed E-state index contributed by atoms with van der Waals surface area (Å²) >= 11 is 0. The number of aliphatic hydroxyl groups is 1. The van der Waals surface area contributed by atoms with Crippen LogP contribution in [-0.4, -0.2) is 23.0 Å². The lowest BCUT2D eigenvalue weighted by Crippen LogP contribution is -2.42. The number of benzene rings is 1. The van der Waals surface area contributed by atoms with Crippen molar-refractivity contribution in [3.05, 3.63) is 45.5 Å². The molecule has 1 unspecified atom stereocenters. The van der Waals surface area contributed by atoms with E-state index in [1.165, 1.54) is 0 Å². The third-order valence-corrected chi connectivity index (χ3v) is 2.15. The maximum atomic E-state index is 13.2. The molecule has 0 bridgehead atoms. The van der Waals surface area contributed by atoms with E-state index in [0.29, 0.717) is 12.1 Å². The van der Waals surface area contributed by atoms with Gasteiger partial charge in [0.05, 0.1) is 0 Å². The summed E-state index contributed by atoms with van der Waals surface area (Å²) < 4.78 is 51.2. The predicted molar refractivity (Wildman–Crippen MR) is 48.1 cm³/mol. The minimum atomic E-state index is -3.62. The molecule has 1 aromatic carbocycles. The summed E-state index contributed by atoms with van der Waals surface area (Å²) in [4.78, 5) is 8.96. The SMILES string of the molecule is O=[N+]([O-])CC(O)(c1cccc(F)c1F)C(F)F. The van der Waals surface area contributed by atoms with Crippen molar-refractivity contribution < 1.29 is 27.6 Å². The Kier molecular flexibility index (Phi) is 3.66. The quantitative estimate of drug-likeness (QED) is 0.504. The van der Waals surface area contributed by atoms with E-state index in [4.69, 9.17) is 0 Å². The van der Waals surface area contributed by atoms with Crippen molar-refractivity contribution in [2.75, 3.05) is 6.54 Å². The summed E-state index contributed by atoms with van der Waals surface area (Å²) in [5.74, 6) is -3.19. The lowest BCUT2D eigenvalue weighted by atomic mass is 9.93. The number of nitrogens with zero attached hydrogens (tertiary/aromatic N) is 1. The molecule has 0 heterocycles. The van der Waals surface area contributed by atoms with Crippen molar-refractivity contribution in [1.29, 1.82) is 0 Å². The molecular formula is C9H7F4NO3. The number of nitro groups is 1. The summed E-state index contributed by atoms with van der Waals surface area (Å²) in [6, 6.07) is 2.20. The summed E-state index contributed by atoms with van der Waals surface area (Å²) in [6.07, 6.45) is -3.62. The van der Waals surface area contributed by atoms with E-state index in [-0.39, 0.29) is 0 Å². The Morgan fingerprint density at radius 2 is 2.00 bits per heavy atom. The van der Waals surface area contributed by atoms with Gasteiger partial charge in [-0.2, -0.15) is 0 Å². The second-order valence-corrected chi connectivity index (χ2v) is 3.32. The molecule has 1 atom stereocenters. The van der Waals surface area contributed by atoms with Crippen LogP contribution in [0.5, 0.6) is 0 Å². The van der Waals surface area contributed by atoms with Crippen LogP contribution in [0.1, 0.15) is 5.56 Å². The fourth-order valence-corrected chi connectivity index (χ4v) is 1.31. The molecule has 17 heavy (non-hydrogen) atoms. The number of halogens is 4. The first-order valence-electron chi connectivity index (χ1n) is 4.36. The number of hydrogen-bond donors (Lipinski definition) is 1. The van der Waals surface area contributed by atoms with Gasteiger partial charge in [0.2, 0.25) is 12.1 Å². The lowest BCUT2D eigenvalue weighted by Gasteiger charge is -2.23. The monoisotopic (exact) mass is 253 g/mol. The molecule has 94 valence electrons. The van der Waals surface area contributed by atoms with Crippen LogP contribution in [0.4, 0.5) is 17.6 Å². The molecule has 0 fully saturated rings. The zero-order chi connectivity index (χ0) is 13.2. The van der Waals surface area contributed by atoms with E-state index < -0.39 is 40.7 Å². The highest BCUT2D eigenvalue weighted by Gasteiger charge is 2.47. The highest BCUT2D eigenvalue weighted by molar-refractivity contribution is 5.26. The Balaban J connectivity index is 3.32. The number of alkyl halides is 2. The van der Waals surface area contributed by atoms with E-state index in [1.54, 1.807) is 0 Å². The average molecular weight is 253 g/mol. The van der Waals surface area contributed by atoms with Gasteiger partial charge in [-0.25, -0.2) is 17.6 Å². The van der Waals surface area contributed by atoms with E-state index in [1.807, 2.05) is 0 Å². The van der Waals surface area contributed by atoms with Gasteiger partial charge >= 0.3 is 0 Å². The molecule has 0 aliphatic heterocycles. The first-order chi connectivity index (χ1) is 7.79. The Hall–Kier alpha value is -1.70. The Morgan fingerprint density at radius 1 is 1.41 bits per heavy atom. The highest BCUT2D eigenvalue weighted by atomic mass is 19.3. The lowest BCUT2D eigenvalue weighted by molar-refractivity contribution is -0.508. The van der Waals surface area contributed by atoms with Gasteiger partial charge in [-0.05, 0) is 6.07 Å². The Bertz CT molecular complexity index is 440. The smallest absolute Gasteiger partial charge is 0.277 e. The van der Waals surface area contributed by atoms with Gasteiger partial charge in [-0.1, -0.05) is 12.1 Å². The van der Waals surface area contributed by atoms with Gasteiger partial charge in [0, 0.05) is 10.5 Å². The van der Waals surface area contributed by atoms with Gasteiger partial charge in [-0.3, -0.25) is 10.1 Å². The number of hydrogen-bond acceptors (Lipinski definition) is 3. The van der Waals surface area contributed by atoms with Gasteiger partial charge in [0.25, 0.3) is 6.43 Å². The van der Waals surface area contributed by atoms with E-state index >= 15 is 0 Å². The Labute approximate surface area is 92.6 Å². The highest BCUT2D eigenvalue weighted by Crippen LogP contribution is 2.31. The van der Waals surface area contributed by atoms with Gasteiger partial charge in [-0.15, -0.1) is 0 Å². The minimum absolute atomic E-state index is 0.650. The van der Waals surface area contributed by atoms with Crippen LogP contribution in [0, 0.1) is 21.7 Å². The summed E-state index contributed by atoms with van der Waals surface area (Å²) in [7, 11) is 0.